The number of hydrogen-bond donors (Lipinski definition) is 2. The molecule has 1 heterocycles. The second-order valence-corrected chi connectivity index (χ2v) is 5.72. The van der Waals surface area contributed by atoms with E-state index in [1.807, 2.05) is 13.0 Å². The summed E-state index contributed by atoms with van der Waals surface area (Å²) in [6.45, 7) is 3.34. The monoisotopic (exact) mass is 326 g/mol. The van der Waals surface area contributed by atoms with E-state index >= 15 is 0 Å². The third-order valence-electron chi connectivity index (χ3n) is 3.80. The first-order valence-electron chi connectivity index (χ1n) is 7.62. The van der Waals surface area contributed by atoms with Gasteiger partial charge in [-0.1, -0.05) is 18.2 Å². The van der Waals surface area contributed by atoms with Crippen molar-refractivity contribution >= 4 is 23.2 Å². The minimum absolute atomic E-state index is 0.00887. The molecular formula is C18H18N2O4. The molecule has 2 aromatic carbocycles. The van der Waals surface area contributed by atoms with Gasteiger partial charge in [-0.15, -0.1) is 0 Å². The number of benzene rings is 2. The summed E-state index contributed by atoms with van der Waals surface area (Å²) in [4.78, 5) is 26.1. The number of rotatable bonds is 3. The summed E-state index contributed by atoms with van der Waals surface area (Å²) in [6, 6.07) is 12.1. The van der Waals surface area contributed by atoms with E-state index in [9.17, 15) is 14.7 Å². The Bertz CT molecular complexity index is 803. The number of amides is 2. The summed E-state index contributed by atoms with van der Waals surface area (Å²) >= 11 is 0. The molecule has 1 aliphatic heterocycles. The van der Waals surface area contributed by atoms with Gasteiger partial charge in [0, 0.05) is 0 Å². The quantitative estimate of drug-likeness (QED) is 0.849. The van der Waals surface area contributed by atoms with Crippen LogP contribution in [0.25, 0.3) is 0 Å². The van der Waals surface area contributed by atoms with E-state index in [-0.39, 0.29) is 18.2 Å². The third kappa shape index (κ3) is 3.03. The van der Waals surface area contributed by atoms with Crippen LogP contribution in [0.1, 0.15) is 12.5 Å². The van der Waals surface area contributed by atoms with E-state index in [1.165, 1.54) is 4.90 Å². The largest absolute Gasteiger partial charge is 0.506 e. The Morgan fingerprint density at radius 3 is 2.79 bits per heavy atom. The van der Waals surface area contributed by atoms with Gasteiger partial charge in [-0.2, -0.15) is 0 Å². The van der Waals surface area contributed by atoms with Gasteiger partial charge in [0.15, 0.2) is 6.10 Å². The highest BCUT2D eigenvalue weighted by molar-refractivity contribution is 6.06. The van der Waals surface area contributed by atoms with Gasteiger partial charge in [0.1, 0.15) is 18.0 Å². The smallest absolute Gasteiger partial charge is 0.268 e. The van der Waals surface area contributed by atoms with Gasteiger partial charge in [-0.3, -0.25) is 14.5 Å². The molecule has 6 nitrogen and oxygen atoms in total. The molecule has 2 amide bonds. The van der Waals surface area contributed by atoms with Crippen molar-refractivity contribution in [2.45, 2.75) is 20.0 Å². The Morgan fingerprint density at radius 1 is 1.29 bits per heavy atom. The van der Waals surface area contributed by atoms with Gasteiger partial charge in [-0.25, -0.2) is 0 Å². The molecule has 124 valence electrons. The molecular weight excluding hydrogens is 308 g/mol. The van der Waals surface area contributed by atoms with Gasteiger partial charge in [0.2, 0.25) is 5.91 Å². The zero-order valence-electron chi connectivity index (χ0n) is 13.4. The zero-order chi connectivity index (χ0) is 17.3. The molecule has 0 bridgehead atoms. The number of fused-ring (bicyclic) bond motifs is 1. The number of carbonyl (C=O) groups is 2. The highest BCUT2D eigenvalue weighted by Crippen LogP contribution is 2.33. The van der Waals surface area contributed by atoms with E-state index in [2.05, 4.69) is 5.32 Å². The van der Waals surface area contributed by atoms with Crippen LogP contribution in [-0.4, -0.2) is 29.6 Å². The van der Waals surface area contributed by atoms with Crippen molar-refractivity contribution < 1.29 is 19.4 Å². The summed E-state index contributed by atoms with van der Waals surface area (Å²) in [7, 11) is 0. The number of phenols is 1. The van der Waals surface area contributed by atoms with E-state index in [4.69, 9.17) is 4.74 Å². The average Bonchev–Trinajstić information content (AvgIpc) is 2.54. The summed E-state index contributed by atoms with van der Waals surface area (Å²) in [5.41, 5.74) is 1.76. The molecule has 0 fully saturated rings. The molecule has 1 unspecified atom stereocenters. The Morgan fingerprint density at radius 2 is 2.04 bits per heavy atom. The minimum Gasteiger partial charge on any atom is -0.506 e. The fraction of sp³-hybridized carbons (Fsp3) is 0.222. The number of para-hydroxylation sites is 2. The van der Waals surface area contributed by atoms with E-state index < -0.39 is 12.0 Å². The maximum Gasteiger partial charge on any atom is 0.268 e. The number of nitrogens with zero attached hydrogens (tertiary/aromatic N) is 1. The first-order chi connectivity index (χ1) is 11.5. The summed E-state index contributed by atoms with van der Waals surface area (Å²) in [5.74, 6) is -0.121. The highest BCUT2D eigenvalue weighted by Gasteiger charge is 2.32. The Hall–Kier alpha value is -3.02. The fourth-order valence-electron chi connectivity index (χ4n) is 2.60. The Balaban J connectivity index is 1.79. The van der Waals surface area contributed by atoms with Crippen LogP contribution >= 0.6 is 0 Å². The lowest BCUT2D eigenvalue weighted by Crippen LogP contribution is -2.47. The predicted molar refractivity (Wildman–Crippen MR) is 90.4 cm³/mol. The van der Waals surface area contributed by atoms with Crippen LogP contribution in [0.15, 0.2) is 42.5 Å². The second kappa shape index (κ2) is 6.23. The maximum atomic E-state index is 12.4. The number of ether oxygens (including phenoxy) is 1. The lowest BCUT2D eigenvalue weighted by atomic mass is 10.2. The molecule has 0 saturated carbocycles. The van der Waals surface area contributed by atoms with Crippen LogP contribution in [0, 0.1) is 6.92 Å². The van der Waals surface area contributed by atoms with E-state index in [0.29, 0.717) is 17.1 Å². The van der Waals surface area contributed by atoms with Crippen molar-refractivity contribution in [3.05, 3.63) is 48.0 Å². The lowest BCUT2D eigenvalue weighted by Gasteiger charge is -2.32. The van der Waals surface area contributed by atoms with Crippen LogP contribution < -0.4 is 15.0 Å². The average molecular weight is 326 g/mol. The van der Waals surface area contributed by atoms with Gasteiger partial charge >= 0.3 is 0 Å². The number of aryl methyl sites for hydroxylation is 1. The molecule has 0 radical (unpaired) electrons. The van der Waals surface area contributed by atoms with E-state index in [1.54, 1.807) is 43.3 Å². The predicted octanol–water partition coefficient (Wildman–Crippen LogP) is 2.45. The van der Waals surface area contributed by atoms with Gasteiger partial charge in [0.05, 0.1) is 11.4 Å². The Labute approximate surface area is 139 Å². The lowest BCUT2D eigenvalue weighted by molar-refractivity contribution is -0.127. The number of nitrogens with one attached hydrogen (secondary N) is 1. The summed E-state index contributed by atoms with van der Waals surface area (Å²) in [5, 5.41) is 12.5. The Kier molecular flexibility index (Phi) is 4.12. The number of hydrogen-bond acceptors (Lipinski definition) is 4. The van der Waals surface area contributed by atoms with Crippen molar-refractivity contribution in [3.63, 3.8) is 0 Å². The van der Waals surface area contributed by atoms with Crippen molar-refractivity contribution in [3.8, 4) is 11.5 Å². The van der Waals surface area contributed by atoms with Gasteiger partial charge < -0.3 is 15.2 Å². The molecule has 0 saturated heterocycles. The minimum atomic E-state index is -0.652. The highest BCUT2D eigenvalue weighted by atomic mass is 16.5. The first kappa shape index (κ1) is 15.9. The fourth-order valence-corrected chi connectivity index (χ4v) is 2.60. The number of phenolic OH excluding ortho intramolecular Hbond substituents is 1. The molecule has 0 spiro atoms. The van der Waals surface area contributed by atoms with Crippen molar-refractivity contribution in [2.24, 2.45) is 0 Å². The number of carbonyl (C=O) groups excluding carboxylic acids is 2. The normalized spacial score (nSPS) is 16.3. The van der Waals surface area contributed by atoms with Gasteiger partial charge in [0.25, 0.3) is 5.91 Å². The molecule has 2 N–H and O–H groups in total. The number of aromatic hydroxyl groups is 1. The van der Waals surface area contributed by atoms with Crippen LogP contribution in [0.5, 0.6) is 11.5 Å². The van der Waals surface area contributed by atoms with Crippen molar-refractivity contribution in [1.29, 1.82) is 0 Å². The molecule has 3 rings (SSSR count). The molecule has 0 aromatic heterocycles. The number of anilines is 2. The topological polar surface area (TPSA) is 78.9 Å². The maximum absolute atomic E-state index is 12.4. The summed E-state index contributed by atoms with van der Waals surface area (Å²) in [6.07, 6.45) is -0.652. The SMILES string of the molecule is Cc1ccc(NC(=O)CN2C(=O)C(C)Oc3ccccc32)c(O)c1. The molecule has 2 aromatic rings. The van der Waals surface area contributed by atoms with Crippen molar-refractivity contribution in [1.82, 2.24) is 0 Å². The van der Waals surface area contributed by atoms with E-state index in [0.717, 1.165) is 5.56 Å². The van der Waals surface area contributed by atoms with Gasteiger partial charge in [-0.05, 0) is 43.7 Å². The van der Waals surface area contributed by atoms with Crippen LogP contribution in [0.4, 0.5) is 11.4 Å². The van der Waals surface area contributed by atoms with Crippen LogP contribution in [-0.2, 0) is 9.59 Å². The summed E-state index contributed by atoms with van der Waals surface area (Å²) < 4.78 is 5.54. The van der Waals surface area contributed by atoms with Crippen molar-refractivity contribution in [2.75, 3.05) is 16.8 Å². The van der Waals surface area contributed by atoms with Crippen LogP contribution in [0.2, 0.25) is 0 Å². The standard InChI is InChI=1S/C18H18N2O4/c1-11-7-8-13(15(21)9-11)19-17(22)10-20-14-5-3-4-6-16(14)24-12(2)18(20)23/h3-9,12,21H,10H2,1-2H3,(H,19,22). The molecule has 0 aliphatic carbocycles. The third-order valence-corrected chi connectivity index (χ3v) is 3.80. The molecule has 1 atom stereocenters. The molecule has 1 aliphatic rings. The first-order valence-corrected chi connectivity index (χ1v) is 7.62. The van der Waals surface area contributed by atoms with Crippen LogP contribution in [0.3, 0.4) is 0 Å². The molecule has 24 heavy (non-hydrogen) atoms. The zero-order valence-corrected chi connectivity index (χ0v) is 13.4. The second-order valence-electron chi connectivity index (χ2n) is 5.72. The molecule has 6 heteroatoms.